The molecule has 0 spiro atoms. The van der Waals surface area contributed by atoms with E-state index in [0.29, 0.717) is 19.3 Å². The van der Waals surface area contributed by atoms with E-state index >= 15 is 0 Å². The van der Waals surface area contributed by atoms with Gasteiger partial charge in [-0.25, -0.2) is 0 Å². The SMILES string of the molecule is CCCCCCCCCCCCCCCCCCC(=O)O[C@H](COC(=O)CCCCCCCCCCCCCCC(C)C)COC(=O)CCCCCCCCCCCCC(C)C. The Morgan fingerprint density at radius 1 is 0.306 bits per heavy atom. The van der Waals surface area contributed by atoms with E-state index in [1.165, 1.54) is 199 Å². The van der Waals surface area contributed by atoms with Gasteiger partial charge in [0.25, 0.3) is 0 Å². The van der Waals surface area contributed by atoms with Crippen LogP contribution in [0.25, 0.3) is 0 Å². The first kappa shape index (κ1) is 60.4. The number of carbonyl (C=O) groups excluding carboxylic acids is 3. The second kappa shape index (κ2) is 48.9. The molecule has 0 N–H and O–H groups in total. The van der Waals surface area contributed by atoms with Gasteiger partial charge in [-0.15, -0.1) is 0 Å². The number of hydrogen-bond donors (Lipinski definition) is 0. The van der Waals surface area contributed by atoms with Crippen molar-refractivity contribution in [3.63, 3.8) is 0 Å². The summed E-state index contributed by atoms with van der Waals surface area (Å²) in [5.41, 5.74) is 0. The van der Waals surface area contributed by atoms with Crippen molar-refractivity contribution in [3.05, 3.63) is 0 Å². The highest BCUT2D eigenvalue weighted by molar-refractivity contribution is 5.71. The Hall–Kier alpha value is -1.59. The van der Waals surface area contributed by atoms with Gasteiger partial charge < -0.3 is 14.2 Å². The van der Waals surface area contributed by atoms with E-state index in [2.05, 4.69) is 34.6 Å². The highest BCUT2D eigenvalue weighted by Crippen LogP contribution is 2.18. The lowest BCUT2D eigenvalue weighted by molar-refractivity contribution is -0.167. The van der Waals surface area contributed by atoms with Crippen LogP contribution in [0, 0.1) is 11.8 Å². The first-order valence-corrected chi connectivity index (χ1v) is 27.7. The lowest BCUT2D eigenvalue weighted by atomic mass is 10.0. The Labute approximate surface area is 387 Å². The maximum absolute atomic E-state index is 12.8. The summed E-state index contributed by atoms with van der Waals surface area (Å²) < 4.78 is 16.9. The Morgan fingerprint density at radius 3 is 0.790 bits per heavy atom. The molecule has 0 aliphatic heterocycles. The first-order chi connectivity index (χ1) is 30.2. The van der Waals surface area contributed by atoms with Crippen LogP contribution in [0.2, 0.25) is 0 Å². The molecule has 368 valence electrons. The van der Waals surface area contributed by atoms with Crippen molar-refractivity contribution in [3.8, 4) is 0 Å². The molecule has 0 unspecified atom stereocenters. The molecule has 1 atom stereocenters. The van der Waals surface area contributed by atoms with E-state index < -0.39 is 6.10 Å². The largest absolute Gasteiger partial charge is 0.462 e. The average molecular weight is 877 g/mol. The van der Waals surface area contributed by atoms with Crippen molar-refractivity contribution in [2.45, 2.75) is 317 Å². The van der Waals surface area contributed by atoms with E-state index in [1.54, 1.807) is 0 Å². The normalized spacial score (nSPS) is 12.0. The van der Waals surface area contributed by atoms with Crippen LogP contribution in [-0.2, 0) is 28.6 Å². The van der Waals surface area contributed by atoms with Crippen LogP contribution in [0.3, 0.4) is 0 Å². The summed E-state index contributed by atoms with van der Waals surface area (Å²) in [4.78, 5) is 38.1. The Morgan fingerprint density at radius 2 is 0.532 bits per heavy atom. The summed E-state index contributed by atoms with van der Waals surface area (Å²) >= 11 is 0. The minimum atomic E-state index is -0.762. The lowest BCUT2D eigenvalue weighted by Crippen LogP contribution is -2.30. The zero-order valence-electron chi connectivity index (χ0n) is 42.5. The second-order valence-electron chi connectivity index (χ2n) is 20.2. The molecule has 0 aromatic heterocycles. The number of rotatable bonds is 50. The summed E-state index contributed by atoms with van der Waals surface area (Å²) in [7, 11) is 0. The number of ether oxygens (including phenoxy) is 3. The molecular weight excluding hydrogens is 769 g/mol. The summed E-state index contributed by atoms with van der Waals surface area (Å²) in [6.07, 6.45) is 50.9. The van der Waals surface area contributed by atoms with Gasteiger partial charge in [-0.3, -0.25) is 14.4 Å². The minimum absolute atomic E-state index is 0.0632. The summed E-state index contributed by atoms with van der Waals surface area (Å²) in [5, 5.41) is 0. The standard InChI is InChI=1S/C56H108O6/c1-6-7-8-9-10-11-12-13-14-15-16-21-28-33-38-43-48-56(59)62-53(50-61-55(58)47-42-37-32-27-23-22-25-30-35-40-45-52(4)5)49-60-54(57)46-41-36-31-26-20-18-17-19-24-29-34-39-44-51(2)3/h51-53H,6-50H2,1-5H3/t53-/m1/s1. The molecule has 0 aliphatic carbocycles. The molecule has 0 fully saturated rings. The van der Waals surface area contributed by atoms with Crippen molar-refractivity contribution in [1.82, 2.24) is 0 Å². The zero-order valence-corrected chi connectivity index (χ0v) is 42.5. The maximum Gasteiger partial charge on any atom is 0.306 e. The van der Waals surface area contributed by atoms with Gasteiger partial charge in [-0.2, -0.15) is 0 Å². The Kier molecular flexibility index (Phi) is 47.6. The highest BCUT2D eigenvalue weighted by atomic mass is 16.6. The molecule has 0 bridgehead atoms. The Bertz CT molecular complexity index is 947. The molecule has 0 saturated carbocycles. The van der Waals surface area contributed by atoms with Crippen molar-refractivity contribution in [2.75, 3.05) is 13.2 Å². The van der Waals surface area contributed by atoms with Crippen molar-refractivity contribution < 1.29 is 28.6 Å². The van der Waals surface area contributed by atoms with Crippen LogP contribution < -0.4 is 0 Å². The van der Waals surface area contributed by atoms with Crippen LogP contribution in [0.4, 0.5) is 0 Å². The molecule has 0 aromatic rings. The molecule has 62 heavy (non-hydrogen) atoms. The van der Waals surface area contributed by atoms with Gasteiger partial charge in [0.15, 0.2) is 6.10 Å². The van der Waals surface area contributed by atoms with Crippen molar-refractivity contribution in [1.29, 1.82) is 0 Å². The van der Waals surface area contributed by atoms with E-state index in [9.17, 15) is 14.4 Å². The topological polar surface area (TPSA) is 78.9 Å². The van der Waals surface area contributed by atoms with Gasteiger partial charge in [0.1, 0.15) is 13.2 Å². The third kappa shape index (κ3) is 49.4. The van der Waals surface area contributed by atoms with Crippen LogP contribution in [-0.4, -0.2) is 37.2 Å². The molecule has 0 saturated heterocycles. The highest BCUT2D eigenvalue weighted by Gasteiger charge is 2.19. The van der Waals surface area contributed by atoms with Crippen LogP contribution in [0.1, 0.15) is 311 Å². The Balaban J connectivity index is 4.31. The van der Waals surface area contributed by atoms with Crippen molar-refractivity contribution in [2.24, 2.45) is 11.8 Å². The van der Waals surface area contributed by atoms with E-state index in [0.717, 1.165) is 69.6 Å². The number of carbonyl (C=O) groups is 3. The van der Waals surface area contributed by atoms with Crippen LogP contribution in [0.5, 0.6) is 0 Å². The monoisotopic (exact) mass is 877 g/mol. The predicted molar refractivity (Wildman–Crippen MR) is 266 cm³/mol. The number of hydrogen-bond acceptors (Lipinski definition) is 6. The number of esters is 3. The van der Waals surface area contributed by atoms with Gasteiger partial charge in [0, 0.05) is 19.3 Å². The van der Waals surface area contributed by atoms with Gasteiger partial charge in [-0.05, 0) is 31.1 Å². The second-order valence-corrected chi connectivity index (χ2v) is 20.2. The fourth-order valence-corrected chi connectivity index (χ4v) is 8.52. The summed E-state index contributed by atoms with van der Waals surface area (Å²) in [5.74, 6) is 0.809. The van der Waals surface area contributed by atoms with E-state index in [4.69, 9.17) is 14.2 Å². The van der Waals surface area contributed by atoms with Gasteiger partial charge in [0.2, 0.25) is 0 Å². The molecule has 0 aromatic carbocycles. The molecule has 0 aliphatic rings. The third-order valence-corrected chi connectivity index (χ3v) is 12.7. The molecule has 6 nitrogen and oxygen atoms in total. The predicted octanol–water partition coefficient (Wildman–Crippen LogP) is 18.1. The maximum atomic E-state index is 12.8. The number of unbranched alkanes of at least 4 members (excludes halogenated alkanes) is 35. The van der Waals surface area contributed by atoms with Crippen LogP contribution in [0.15, 0.2) is 0 Å². The van der Waals surface area contributed by atoms with Gasteiger partial charge in [0.05, 0.1) is 0 Å². The zero-order chi connectivity index (χ0) is 45.4. The molecule has 6 heteroatoms. The lowest BCUT2D eigenvalue weighted by Gasteiger charge is -2.18. The minimum Gasteiger partial charge on any atom is -0.462 e. The molecular formula is C56H108O6. The average Bonchev–Trinajstić information content (AvgIpc) is 3.24. The molecule has 0 rings (SSSR count). The van der Waals surface area contributed by atoms with Gasteiger partial charge >= 0.3 is 17.9 Å². The fraction of sp³-hybridized carbons (Fsp3) is 0.946. The first-order valence-electron chi connectivity index (χ1n) is 27.7. The fourth-order valence-electron chi connectivity index (χ4n) is 8.52. The van der Waals surface area contributed by atoms with E-state index in [-0.39, 0.29) is 31.1 Å². The van der Waals surface area contributed by atoms with Crippen molar-refractivity contribution >= 4 is 17.9 Å². The van der Waals surface area contributed by atoms with Gasteiger partial charge in [-0.1, -0.05) is 272 Å². The smallest absolute Gasteiger partial charge is 0.306 e. The van der Waals surface area contributed by atoms with Crippen LogP contribution >= 0.6 is 0 Å². The summed E-state index contributed by atoms with van der Waals surface area (Å²) in [6, 6.07) is 0. The quantitative estimate of drug-likeness (QED) is 0.0344. The molecule has 0 amide bonds. The molecule has 0 heterocycles. The third-order valence-electron chi connectivity index (χ3n) is 12.7. The van der Waals surface area contributed by atoms with E-state index in [1.807, 2.05) is 0 Å². The summed E-state index contributed by atoms with van der Waals surface area (Å²) in [6.45, 7) is 11.4. The molecule has 0 radical (unpaired) electrons.